The molecule has 0 saturated carbocycles. The predicted molar refractivity (Wildman–Crippen MR) is 83.1 cm³/mol. The highest BCUT2D eigenvalue weighted by molar-refractivity contribution is 5.95. The summed E-state index contributed by atoms with van der Waals surface area (Å²) in [7, 11) is 0. The van der Waals surface area contributed by atoms with Gasteiger partial charge in [-0.25, -0.2) is 4.98 Å². The van der Waals surface area contributed by atoms with Gasteiger partial charge in [0.2, 0.25) is 5.91 Å². The number of hydrogen-bond donors (Lipinski definition) is 3. The molecule has 21 heavy (non-hydrogen) atoms. The second kappa shape index (κ2) is 5.87. The highest BCUT2D eigenvalue weighted by atomic mass is 16.1. The molecule has 0 fully saturated rings. The lowest BCUT2D eigenvalue weighted by atomic mass is 10.0. The van der Waals surface area contributed by atoms with E-state index in [4.69, 9.17) is 5.73 Å². The number of amides is 1. The Hall–Kier alpha value is -2.50. The first kappa shape index (κ1) is 13.5. The van der Waals surface area contributed by atoms with Crippen LogP contribution in [0.1, 0.15) is 18.4 Å². The zero-order valence-corrected chi connectivity index (χ0v) is 11.8. The predicted octanol–water partition coefficient (Wildman–Crippen LogP) is 1.85. The third-order valence-electron chi connectivity index (χ3n) is 3.64. The van der Waals surface area contributed by atoms with E-state index in [2.05, 4.69) is 15.6 Å². The van der Waals surface area contributed by atoms with Crippen LogP contribution in [0.25, 0.3) is 0 Å². The van der Waals surface area contributed by atoms with Crippen molar-refractivity contribution in [2.24, 2.45) is 0 Å². The van der Waals surface area contributed by atoms with E-state index in [0.29, 0.717) is 12.1 Å². The van der Waals surface area contributed by atoms with Crippen molar-refractivity contribution >= 4 is 23.0 Å². The number of carbonyl (C=O) groups excluding carboxylic acids is 1. The standard InChI is InChI=1S/C15H19N5O/c16-12-9-13-11(2-3-15(21)19-13)8-14(12)18-4-1-6-20-7-5-17-10-20/h5,7-10,18H,1-4,6,16H2,(H,19,21). The van der Waals surface area contributed by atoms with Crippen molar-refractivity contribution in [3.63, 3.8) is 0 Å². The molecule has 0 atom stereocenters. The van der Waals surface area contributed by atoms with E-state index in [-0.39, 0.29) is 5.91 Å². The maximum Gasteiger partial charge on any atom is 0.224 e. The lowest BCUT2D eigenvalue weighted by Gasteiger charge is -2.19. The highest BCUT2D eigenvalue weighted by Crippen LogP contribution is 2.30. The van der Waals surface area contributed by atoms with E-state index >= 15 is 0 Å². The first-order valence-electron chi connectivity index (χ1n) is 7.14. The average Bonchev–Trinajstić information content (AvgIpc) is 2.97. The largest absolute Gasteiger partial charge is 0.397 e. The van der Waals surface area contributed by atoms with Gasteiger partial charge in [-0.1, -0.05) is 0 Å². The molecule has 0 saturated heterocycles. The molecule has 6 nitrogen and oxygen atoms in total. The molecule has 0 radical (unpaired) electrons. The molecular weight excluding hydrogens is 266 g/mol. The van der Waals surface area contributed by atoms with Gasteiger partial charge in [-0.3, -0.25) is 4.79 Å². The summed E-state index contributed by atoms with van der Waals surface area (Å²) in [5.41, 5.74) is 9.62. The molecule has 1 aromatic heterocycles. The molecule has 6 heteroatoms. The Labute approximate surface area is 123 Å². The van der Waals surface area contributed by atoms with Crippen LogP contribution in [-0.4, -0.2) is 22.0 Å². The molecule has 0 spiro atoms. The minimum absolute atomic E-state index is 0.0583. The van der Waals surface area contributed by atoms with Gasteiger partial charge in [-0.2, -0.15) is 0 Å². The van der Waals surface area contributed by atoms with Crippen LogP contribution in [0.5, 0.6) is 0 Å². The molecule has 3 rings (SSSR count). The summed E-state index contributed by atoms with van der Waals surface area (Å²) in [4.78, 5) is 15.4. The number of nitrogens with one attached hydrogen (secondary N) is 2. The minimum Gasteiger partial charge on any atom is -0.397 e. The fourth-order valence-corrected chi connectivity index (χ4v) is 2.50. The normalized spacial score (nSPS) is 13.6. The Morgan fingerprint density at radius 3 is 3.10 bits per heavy atom. The van der Waals surface area contributed by atoms with Crippen molar-refractivity contribution in [2.45, 2.75) is 25.8 Å². The number of anilines is 3. The van der Waals surface area contributed by atoms with Gasteiger partial charge in [-0.05, 0) is 30.5 Å². The number of nitrogen functional groups attached to an aromatic ring is 1. The number of benzene rings is 1. The maximum absolute atomic E-state index is 11.4. The van der Waals surface area contributed by atoms with Gasteiger partial charge in [0.25, 0.3) is 0 Å². The second-order valence-corrected chi connectivity index (χ2v) is 5.23. The van der Waals surface area contributed by atoms with E-state index in [1.807, 2.05) is 29.2 Å². The van der Waals surface area contributed by atoms with Crippen LogP contribution in [0.4, 0.5) is 17.1 Å². The minimum atomic E-state index is 0.0583. The summed E-state index contributed by atoms with van der Waals surface area (Å²) >= 11 is 0. The van der Waals surface area contributed by atoms with E-state index in [1.165, 1.54) is 0 Å². The molecule has 2 heterocycles. The number of nitrogens with zero attached hydrogens (tertiary/aromatic N) is 2. The van der Waals surface area contributed by atoms with Crippen molar-refractivity contribution in [2.75, 3.05) is 22.9 Å². The van der Waals surface area contributed by atoms with E-state index in [9.17, 15) is 4.79 Å². The van der Waals surface area contributed by atoms with Crippen molar-refractivity contribution in [3.8, 4) is 0 Å². The number of rotatable bonds is 5. The monoisotopic (exact) mass is 285 g/mol. The quantitative estimate of drug-likeness (QED) is 0.578. The summed E-state index contributed by atoms with van der Waals surface area (Å²) in [5, 5.41) is 6.22. The van der Waals surface area contributed by atoms with Crippen molar-refractivity contribution in [1.29, 1.82) is 0 Å². The molecule has 2 aromatic rings. The van der Waals surface area contributed by atoms with Crippen molar-refractivity contribution in [3.05, 3.63) is 36.4 Å². The van der Waals surface area contributed by atoms with Crippen LogP contribution in [0, 0.1) is 0 Å². The van der Waals surface area contributed by atoms with Gasteiger partial charge >= 0.3 is 0 Å². The molecule has 1 aliphatic rings. The Morgan fingerprint density at radius 1 is 1.38 bits per heavy atom. The van der Waals surface area contributed by atoms with Gasteiger partial charge in [0.15, 0.2) is 0 Å². The van der Waals surface area contributed by atoms with Crippen molar-refractivity contribution < 1.29 is 4.79 Å². The van der Waals surface area contributed by atoms with E-state index < -0.39 is 0 Å². The summed E-state index contributed by atoms with van der Waals surface area (Å²) in [6.07, 6.45) is 7.85. The Balaban J connectivity index is 1.59. The topological polar surface area (TPSA) is 85.0 Å². The fraction of sp³-hybridized carbons (Fsp3) is 0.333. The number of fused-ring (bicyclic) bond motifs is 1. The summed E-state index contributed by atoms with van der Waals surface area (Å²) in [6.45, 7) is 1.77. The number of carbonyl (C=O) groups is 1. The van der Waals surface area contributed by atoms with Crippen LogP contribution in [0.3, 0.4) is 0 Å². The number of imidazole rings is 1. The number of aromatic nitrogens is 2. The second-order valence-electron chi connectivity index (χ2n) is 5.23. The van der Waals surface area contributed by atoms with Gasteiger partial charge in [0.05, 0.1) is 17.7 Å². The Morgan fingerprint density at radius 2 is 2.29 bits per heavy atom. The van der Waals surface area contributed by atoms with Crippen molar-refractivity contribution in [1.82, 2.24) is 9.55 Å². The molecule has 110 valence electrons. The van der Waals surface area contributed by atoms with Gasteiger partial charge in [0, 0.05) is 37.6 Å². The number of hydrogen-bond acceptors (Lipinski definition) is 4. The number of nitrogens with two attached hydrogens (primary N) is 1. The lowest BCUT2D eigenvalue weighted by Crippen LogP contribution is -2.19. The summed E-state index contributed by atoms with van der Waals surface area (Å²) in [6, 6.07) is 3.88. The van der Waals surface area contributed by atoms with E-state index in [1.54, 1.807) is 6.20 Å². The third-order valence-corrected chi connectivity index (χ3v) is 3.64. The van der Waals surface area contributed by atoms with Gasteiger partial charge < -0.3 is 20.9 Å². The average molecular weight is 285 g/mol. The van der Waals surface area contributed by atoms with Crippen LogP contribution < -0.4 is 16.4 Å². The first-order valence-corrected chi connectivity index (χ1v) is 7.14. The summed E-state index contributed by atoms with van der Waals surface area (Å²) < 4.78 is 2.05. The molecule has 0 aliphatic carbocycles. The number of aryl methyl sites for hydroxylation is 2. The Bertz CT molecular complexity index is 636. The Kier molecular flexibility index (Phi) is 3.77. The molecule has 0 unspecified atom stereocenters. The summed E-state index contributed by atoms with van der Waals surface area (Å²) in [5.74, 6) is 0.0583. The zero-order chi connectivity index (χ0) is 14.7. The molecular formula is C15H19N5O. The van der Waals surface area contributed by atoms with Crippen LogP contribution in [0.15, 0.2) is 30.9 Å². The van der Waals surface area contributed by atoms with Crippen LogP contribution >= 0.6 is 0 Å². The first-order chi connectivity index (χ1) is 10.2. The smallest absolute Gasteiger partial charge is 0.224 e. The molecule has 1 aromatic carbocycles. The molecule has 1 aliphatic heterocycles. The lowest BCUT2D eigenvalue weighted by molar-refractivity contribution is -0.116. The van der Waals surface area contributed by atoms with Crippen LogP contribution in [-0.2, 0) is 17.8 Å². The van der Waals surface area contributed by atoms with E-state index in [0.717, 1.165) is 42.9 Å². The van der Waals surface area contributed by atoms with Crippen LogP contribution in [0.2, 0.25) is 0 Å². The zero-order valence-electron chi connectivity index (χ0n) is 11.8. The third kappa shape index (κ3) is 3.16. The SMILES string of the molecule is Nc1cc2c(cc1NCCCn1ccnc1)CCC(=O)N2. The highest BCUT2D eigenvalue weighted by Gasteiger charge is 2.16. The molecule has 4 N–H and O–H groups in total. The fourth-order valence-electron chi connectivity index (χ4n) is 2.50. The van der Waals surface area contributed by atoms with Gasteiger partial charge in [-0.15, -0.1) is 0 Å². The molecule has 0 bridgehead atoms. The molecule has 1 amide bonds. The van der Waals surface area contributed by atoms with Gasteiger partial charge in [0.1, 0.15) is 0 Å². The maximum atomic E-state index is 11.4.